The average molecular weight is 241 g/mol. The van der Waals surface area contributed by atoms with Crippen LogP contribution in [0, 0.1) is 6.92 Å². The molecule has 0 bridgehead atoms. The number of hydrogen-bond acceptors (Lipinski definition) is 3. The van der Waals surface area contributed by atoms with Gasteiger partial charge >= 0.3 is 0 Å². The number of likely N-dealkylation sites (N-methyl/N-ethyl adjacent to an activating group) is 1. The van der Waals surface area contributed by atoms with Crippen molar-refractivity contribution in [3.63, 3.8) is 0 Å². The van der Waals surface area contributed by atoms with Crippen molar-refractivity contribution in [2.24, 2.45) is 0 Å². The quantitative estimate of drug-likeness (QED) is 0.874. The molecule has 0 aliphatic carbocycles. The van der Waals surface area contributed by atoms with Crippen LogP contribution in [-0.2, 0) is 6.42 Å². The summed E-state index contributed by atoms with van der Waals surface area (Å²) in [6.45, 7) is 5.09. The summed E-state index contributed by atoms with van der Waals surface area (Å²) in [7, 11) is 0. The Kier molecular flexibility index (Phi) is 4.42. The van der Waals surface area contributed by atoms with Crippen molar-refractivity contribution in [1.29, 1.82) is 0 Å². The average Bonchev–Trinajstić information content (AvgIpc) is 2.39. The second kappa shape index (κ2) is 6.26. The van der Waals surface area contributed by atoms with Crippen LogP contribution in [0.15, 0.2) is 42.7 Å². The van der Waals surface area contributed by atoms with Gasteiger partial charge in [-0.15, -0.1) is 0 Å². The molecule has 0 spiro atoms. The van der Waals surface area contributed by atoms with Crippen molar-refractivity contribution in [3.05, 3.63) is 59.7 Å². The number of nitrogens with one attached hydrogen (secondary N) is 1. The SMILES string of the molecule is CCNC(Cc1ccccn1)c1ccnc(C)c1. The standard InChI is InChI=1S/C15H19N3/c1-3-16-15(11-14-6-4-5-8-18-14)13-7-9-17-12(2)10-13/h4-10,15-16H,3,11H2,1-2H3. The van der Waals surface area contributed by atoms with Gasteiger partial charge in [0, 0.05) is 36.2 Å². The van der Waals surface area contributed by atoms with Crippen molar-refractivity contribution >= 4 is 0 Å². The Labute approximate surface area is 108 Å². The molecule has 0 radical (unpaired) electrons. The molecule has 2 heterocycles. The summed E-state index contributed by atoms with van der Waals surface area (Å²) in [5.74, 6) is 0. The molecular formula is C15H19N3. The maximum Gasteiger partial charge on any atom is 0.0422 e. The van der Waals surface area contributed by atoms with Gasteiger partial charge in [0.2, 0.25) is 0 Å². The zero-order valence-corrected chi connectivity index (χ0v) is 10.9. The van der Waals surface area contributed by atoms with E-state index >= 15 is 0 Å². The Morgan fingerprint density at radius 1 is 1.17 bits per heavy atom. The molecule has 0 saturated carbocycles. The Morgan fingerprint density at radius 3 is 2.72 bits per heavy atom. The van der Waals surface area contributed by atoms with E-state index in [1.807, 2.05) is 31.5 Å². The molecule has 0 aliphatic rings. The van der Waals surface area contributed by atoms with Gasteiger partial charge < -0.3 is 5.32 Å². The van der Waals surface area contributed by atoms with Crippen LogP contribution in [0.5, 0.6) is 0 Å². The summed E-state index contributed by atoms with van der Waals surface area (Å²) >= 11 is 0. The predicted octanol–water partition coefficient (Wildman–Crippen LogP) is 2.68. The summed E-state index contributed by atoms with van der Waals surface area (Å²) in [4.78, 5) is 8.64. The van der Waals surface area contributed by atoms with Crippen LogP contribution in [0.2, 0.25) is 0 Å². The lowest BCUT2D eigenvalue weighted by Crippen LogP contribution is -2.23. The summed E-state index contributed by atoms with van der Waals surface area (Å²) < 4.78 is 0. The largest absolute Gasteiger partial charge is 0.310 e. The van der Waals surface area contributed by atoms with E-state index in [-0.39, 0.29) is 0 Å². The van der Waals surface area contributed by atoms with Crippen molar-refractivity contribution in [3.8, 4) is 0 Å². The number of aromatic nitrogens is 2. The smallest absolute Gasteiger partial charge is 0.0422 e. The maximum absolute atomic E-state index is 4.39. The molecule has 0 saturated heterocycles. The third-order valence-electron chi connectivity index (χ3n) is 2.91. The lowest BCUT2D eigenvalue weighted by molar-refractivity contribution is 0.543. The normalized spacial score (nSPS) is 12.3. The Balaban J connectivity index is 2.18. The second-order valence-electron chi connectivity index (χ2n) is 4.37. The molecule has 3 heteroatoms. The highest BCUT2D eigenvalue weighted by atomic mass is 14.9. The number of hydrogen-bond donors (Lipinski definition) is 1. The van der Waals surface area contributed by atoms with E-state index in [2.05, 4.69) is 40.4 Å². The molecule has 2 aromatic heterocycles. The molecule has 94 valence electrons. The molecule has 1 atom stereocenters. The highest BCUT2D eigenvalue weighted by Crippen LogP contribution is 2.17. The predicted molar refractivity (Wildman–Crippen MR) is 73.3 cm³/mol. The van der Waals surface area contributed by atoms with Gasteiger partial charge in [0.25, 0.3) is 0 Å². The van der Waals surface area contributed by atoms with Crippen molar-refractivity contribution in [2.45, 2.75) is 26.3 Å². The Hall–Kier alpha value is -1.74. The van der Waals surface area contributed by atoms with Gasteiger partial charge in [0.05, 0.1) is 0 Å². The summed E-state index contributed by atoms with van der Waals surface area (Å²) in [5.41, 5.74) is 3.43. The summed E-state index contributed by atoms with van der Waals surface area (Å²) in [5, 5.41) is 3.51. The Morgan fingerprint density at radius 2 is 2.06 bits per heavy atom. The van der Waals surface area contributed by atoms with Crippen LogP contribution in [-0.4, -0.2) is 16.5 Å². The molecular weight excluding hydrogens is 222 g/mol. The minimum atomic E-state index is 0.298. The van der Waals surface area contributed by atoms with E-state index < -0.39 is 0 Å². The lowest BCUT2D eigenvalue weighted by Gasteiger charge is -2.18. The van der Waals surface area contributed by atoms with Crippen molar-refractivity contribution < 1.29 is 0 Å². The molecule has 0 aliphatic heterocycles. The van der Waals surface area contributed by atoms with Crippen LogP contribution in [0.3, 0.4) is 0 Å². The molecule has 1 N–H and O–H groups in total. The first kappa shape index (κ1) is 12.7. The molecule has 0 amide bonds. The van der Waals surface area contributed by atoms with Crippen LogP contribution in [0.4, 0.5) is 0 Å². The molecule has 0 aromatic carbocycles. The fraction of sp³-hybridized carbons (Fsp3) is 0.333. The highest BCUT2D eigenvalue weighted by Gasteiger charge is 2.11. The van der Waals surface area contributed by atoms with E-state index in [0.29, 0.717) is 6.04 Å². The van der Waals surface area contributed by atoms with Crippen LogP contribution >= 0.6 is 0 Å². The van der Waals surface area contributed by atoms with Gasteiger partial charge in [-0.1, -0.05) is 13.0 Å². The number of pyridine rings is 2. The molecule has 0 fully saturated rings. The van der Waals surface area contributed by atoms with Gasteiger partial charge in [0.1, 0.15) is 0 Å². The minimum absolute atomic E-state index is 0.298. The number of rotatable bonds is 5. The molecule has 2 aromatic rings. The van der Waals surface area contributed by atoms with Crippen LogP contribution in [0.25, 0.3) is 0 Å². The fourth-order valence-electron chi connectivity index (χ4n) is 2.07. The molecule has 18 heavy (non-hydrogen) atoms. The first-order valence-corrected chi connectivity index (χ1v) is 6.35. The Bertz CT molecular complexity index is 482. The van der Waals surface area contributed by atoms with E-state index in [9.17, 15) is 0 Å². The minimum Gasteiger partial charge on any atom is -0.310 e. The zero-order valence-electron chi connectivity index (χ0n) is 10.9. The van der Waals surface area contributed by atoms with E-state index in [4.69, 9.17) is 0 Å². The topological polar surface area (TPSA) is 37.8 Å². The first-order valence-electron chi connectivity index (χ1n) is 6.35. The molecule has 2 rings (SSSR count). The van der Waals surface area contributed by atoms with Gasteiger partial charge in [-0.3, -0.25) is 9.97 Å². The van der Waals surface area contributed by atoms with Crippen LogP contribution in [0.1, 0.15) is 29.9 Å². The highest BCUT2D eigenvalue weighted by molar-refractivity contribution is 5.21. The van der Waals surface area contributed by atoms with Crippen molar-refractivity contribution in [1.82, 2.24) is 15.3 Å². The first-order chi connectivity index (χ1) is 8.79. The van der Waals surface area contributed by atoms with E-state index in [0.717, 1.165) is 24.4 Å². The van der Waals surface area contributed by atoms with Gasteiger partial charge in [-0.25, -0.2) is 0 Å². The van der Waals surface area contributed by atoms with Gasteiger partial charge in [-0.2, -0.15) is 0 Å². The van der Waals surface area contributed by atoms with Gasteiger partial charge in [0.15, 0.2) is 0 Å². The fourth-order valence-corrected chi connectivity index (χ4v) is 2.07. The maximum atomic E-state index is 4.39. The van der Waals surface area contributed by atoms with E-state index in [1.165, 1.54) is 5.56 Å². The lowest BCUT2D eigenvalue weighted by atomic mass is 10.0. The monoisotopic (exact) mass is 241 g/mol. The molecule has 1 unspecified atom stereocenters. The van der Waals surface area contributed by atoms with Crippen molar-refractivity contribution in [2.75, 3.05) is 6.54 Å². The van der Waals surface area contributed by atoms with Gasteiger partial charge in [-0.05, 0) is 43.3 Å². The van der Waals surface area contributed by atoms with E-state index in [1.54, 1.807) is 0 Å². The third kappa shape index (κ3) is 3.37. The molecule has 3 nitrogen and oxygen atoms in total. The summed E-state index contributed by atoms with van der Waals surface area (Å²) in [6.07, 6.45) is 4.61. The second-order valence-corrected chi connectivity index (χ2v) is 4.37. The number of nitrogens with zero attached hydrogens (tertiary/aromatic N) is 2. The number of aryl methyl sites for hydroxylation is 1. The third-order valence-corrected chi connectivity index (χ3v) is 2.91. The summed E-state index contributed by atoms with van der Waals surface area (Å²) in [6, 6.07) is 10.6. The van der Waals surface area contributed by atoms with Crippen LogP contribution < -0.4 is 5.32 Å². The zero-order chi connectivity index (χ0) is 12.8.